The van der Waals surface area contributed by atoms with Crippen molar-refractivity contribution < 1.29 is 9.18 Å². The van der Waals surface area contributed by atoms with Crippen LogP contribution in [-0.2, 0) is 18.6 Å². The molecule has 1 atom stereocenters. The Hall–Kier alpha value is -4.02. The van der Waals surface area contributed by atoms with E-state index in [1.807, 2.05) is 47.1 Å². The number of Topliss-reactive ketones (excluding diaryl/α,β-unsaturated/α-hetero) is 1. The van der Waals surface area contributed by atoms with Crippen molar-refractivity contribution in [2.45, 2.75) is 18.6 Å². The molecule has 0 bridgehead atoms. The molecule has 1 aromatic heterocycles. The van der Waals surface area contributed by atoms with E-state index in [1.54, 1.807) is 19.2 Å². The molecule has 36 heavy (non-hydrogen) atoms. The van der Waals surface area contributed by atoms with E-state index < -0.39 is 5.92 Å². The highest BCUT2D eigenvalue weighted by molar-refractivity contribution is 8.13. The van der Waals surface area contributed by atoms with Crippen LogP contribution in [0.3, 0.4) is 0 Å². The number of rotatable bonds is 6. The molecule has 0 amide bonds. The number of thioether (sulfide) groups is 1. The Bertz CT molecular complexity index is 1490. The Morgan fingerprint density at radius 1 is 1.08 bits per heavy atom. The number of aryl methyl sites for hydroxylation is 1. The van der Waals surface area contributed by atoms with Crippen molar-refractivity contribution in [3.63, 3.8) is 0 Å². The number of fused-ring (bicyclic) bond motifs is 3. The van der Waals surface area contributed by atoms with Gasteiger partial charge in [0.05, 0.1) is 22.5 Å². The zero-order valence-corrected chi connectivity index (χ0v) is 20.5. The van der Waals surface area contributed by atoms with Gasteiger partial charge in [0.2, 0.25) is 5.78 Å². The number of hydrogen-bond acceptors (Lipinski definition) is 5. The minimum Gasteiger partial charge on any atom is -0.290 e. The van der Waals surface area contributed by atoms with Gasteiger partial charge < -0.3 is 0 Å². The predicted molar refractivity (Wildman–Crippen MR) is 141 cm³/mol. The summed E-state index contributed by atoms with van der Waals surface area (Å²) < 4.78 is 15.1. The summed E-state index contributed by atoms with van der Waals surface area (Å²) >= 11 is 1.31. The van der Waals surface area contributed by atoms with Gasteiger partial charge in [-0.1, -0.05) is 54.6 Å². The van der Waals surface area contributed by atoms with Crippen LogP contribution in [0.1, 0.15) is 27.2 Å². The van der Waals surface area contributed by atoms with Crippen LogP contribution in [0, 0.1) is 23.1 Å². The zero-order chi connectivity index (χ0) is 25.1. The van der Waals surface area contributed by atoms with Gasteiger partial charge in [0.15, 0.2) is 5.92 Å². The Morgan fingerprint density at radius 3 is 2.53 bits per heavy atom. The van der Waals surface area contributed by atoms with Gasteiger partial charge in [-0.15, -0.1) is 11.8 Å². The molecule has 4 aromatic rings. The Morgan fingerprint density at radius 2 is 1.81 bits per heavy atom. The van der Waals surface area contributed by atoms with E-state index in [2.05, 4.69) is 23.2 Å². The molecule has 5 nitrogen and oxygen atoms in total. The number of ketones is 1. The summed E-state index contributed by atoms with van der Waals surface area (Å²) in [6.45, 7) is 0. The largest absolute Gasteiger partial charge is 0.290 e. The normalized spacial score (nSPS) is 13.4. The predicted octanol–water partition coefficient (Wildman–Crippen LogP) is 6.06. The Kier molecular flexibility index (Phi) is 6.79. The molecule has 0 saturated heterocycles. The molecule has 0 fully saturated rings. The lowest BCUT2D eigenvalue weighted by Gasteiger charge is -2.19. The lowest BCUT2D eigenvalue weighted by Crippen LogP contribution is -2.23. The number of carbonyl (C=O) groups excluding carboxylic acids is 1. The monoisotopic (exact) mass is 494 g/mol. The minimum atomic E-state index is -1.07. The highest BCUT2D eigenvalue weighted by Gasteiger charge is 2.34. The van der Waals surface area contributed by atoms with Gasteiger partial charge >= 0.3 is 0 Å². The lowest BCUT2D eigenvalue weighted by atomic mass is 9.87. The molecule has 0 saturated carbocycles. The average molecular weight is 495 g/mol. The summed E-state index contributed by atoms with van der Waals surface area (Å²) in [6, 6.07) is 26.2. The summed E-state index contributed by atoms with van der Waals surface area (Å²) in [4.78, 5) is 18.1. The molecule has 1 unspecified atom stereocenters. The van der Waals surface area contributed by atoms with E-state index >= 15 is 0 Å². The van der Waals surface area contributed by atoms with Crippen molar-refractivity contribution in [2.75, 3.05) is 7.05 Å². The quantitative estimate of drug-likeness (QED) is 0.186. The number of para-hydroxylation sites is 1. The number of hydrogen-bond donors (Lipinski definition) is 0. The fourth-order valence-corrected chi connectivity index (χ4v) is 5.49. The SMILES string of the molecule is CN=C(SCc1ccc(F)cc1)C(C#N)C(=O)c1nn(-c2ccccc2)c2c1CCc1ccccc1-2. The molecule has 5 rings (SSSR count). The van der Waals surface area contributed by atoms with Gasteiger partial charge in [0.1, 0.15) is 11.5 Å². The van der Waals surface area contributed by atoms with Crippen molar-refractivity contribution in [3.05, 3.63) is 107 Å². The zero-order valence-electron chi connectivity index (χ0n) is 19.7. The maximum Gasteiger partial charge on any atom is 0.207 e. The Labute approximate surface area is 213 Å². The van der Waals surface area contributed by atoms with Crippen LogP contribution in [0.5, 0.6) is 0 Å². The van der Waals surface area contributed by atoms with Gasteiger partial charge in [-0.25, -0.2) is 9.07 Å². The van der Waals surface area contributed by atoms with Crippen molar-refractivity contribution in [2.24, 2.45) is 10.9 Å². The first-order valence-corrected chi connectivity index (χ1v) is 12.6. The summed E-state index contributed by atoms with van der Waals surface area (Å²) in [7, 11) is 1.58. The molecule has 0 spiro atoms. The van der Waals surface area contributed by atoms with Crippen molar-refractivity contribution in [1.29, 1.82) is 5.26 Å². The number of halogens is 1. The van der Waals surface area contributed by atoms with Crippen molar-refractivity contribution in [1.82, 2.24) is 9.78 Å². The van der Waals surface area contributed by atoms with Gasteiger partial charge in [0, 0.05) is 23.9 Å². The van der Waals surface area contributed by atoms with Crippen LogP contribution < -0.4 is 0 Å². The molecular weight excluding hydrogens is 471 g/mol. The molecule has 0 aliphatic heterocycles. The van der Waals surface area contributed by atoms with E-state index in [4.69, 9.17) is 5.10 Å². The fraction of sp³-hybridized carbons (Fsp3) is 0.172. The van der Waals surface area contributed by atoms with E-state index in [0.29, 0.717) is 22.9 Å². The summed E-state index contributed by atoms with van der Waals surface area (Å²) in [5.41, 5.74) is 6.08. The highest BCUT2D eigenvalue weighted by Crippen LogP contribution is 2.38. The maximum absolute atomic E-state index is 13.8. The molecular formula is C29H23FN4OS. The summed E-state index contributed by atoms with van der Waals surface area (Å²) in [5, 5.41) is 15.2. The third-order valence-electron chi connectivity index (χ3n) is 6.29. The third-order valence-corrected chi connectivity index (χ3v) is 7.48. The molecule has 0 radical (unpaired) electrons. The number of carbonyl (C=O) groups is 1. The van der Waals surface area contributed by atoms with Crippen LogP contribution in [0.15, 0.2) is 83.9 Å². The van der Waals surface area contributed by atoms with Crippen LogP contribution in [0.4, 0.5) is 4.39 Å². The molecule has 7 heteroatoms. The van der Waals surface area contributed by atoms with Gasteiger partial charge in [-0.05, 0) is 48.2 Å². The van der Waals surface area contributed by atoms with Gasteiger partial charge in [-0.3, -0.25) is 9.79 Å². The molecule has 1 aliphatic rings. The maximum atomic E-state index is 13.8. The topological polar surface area (TPSA) is 71.0 Å². The Balaban J connectivity index is 1.52. The number of nitriles is 1. The van der Waals surface area contributed by atoms with Crippen molar-refractivity contribution >= 4 is 22.6 Å². The number of nitrogens with zero attached hydrogens (tertiary/aromatic N) is 4. The summed E-state index contributed by atoms with van der Waals surface area (Å²) in [5.74, 6) is -1.25. The van der Waals surface area contributed by atoms with Gasteiger partial charge in [-0.2, -0.15) is 10.4 Å². The molecule has 1 aliphatic carbocycles. The van der Waals surface area contributed by atoms with Crippen LogP contribution in [0.2, 0.25) is 0 Å². The first-order valence-electron chi connectivity index (χ1n) is 11.6. The standard InChI is InChI=1S/C29H23FN4OS/c1-32-29(36-18-19-11-14-21(30)15-12-19)25(17-31)28(35)26-24-16-13-20-7-5-6-10-23(20)27(24)34(33-26)22-8-3-2-4-9-22/h2-12,14-15,25H,13,16,18H2,1H3. The smallest absolute Gasteiger partial charge is 0.207 e. The first kappa shape index (κ1) is 23.7. The second kappa shape index (κ2) is 10.3. The fourth-order valence-electron chi connectivity index (χ4n) is 4.52. The second-order valence-corrected chi connectivity index (χ2v) is 9.48. The van der Waals surface area contributed by atoms with E-state index in [9.17, 15) is 14.4 Å². The van der Waals surface area contributed by atoms with E-state index in [0.717, 1.165) is 34.5 Å². The third kappa shape index (κ3) is 4.48. The van der Waals surface area contributed by atoms with Crippen LogP contribution in [-0.4, -0.2) is 27.7 Å². The lowest BCUT2D eigenvalue weighted by molar-refractivity contribution is 0.0970. The first-order chi connectivity index (χ1) is 17.6. The van der Waals surface area contributed by atoms with Crippen molar-refractivity contribution in [3.8, 4) is 23.0 Å². The van der Waals surface area contributed by atoms with Crippen LogP contribution >= 0.6 is 11.8 Å². The van der Waals surface area contributed by atoms with Gasteiger partial charge in [0.25, 0.3) is 0 Å². The second-order valence-electron chi connectivity index (χ2n) is 8.48. The summed E-state index contributed by atoms with van der Waals surface area (Å²) in [6.07, 6.45) is 1.47. The number of aliphatic imine (C=N–C) groups is 1. The molecule has 1 heterocycles. The molecule has 0 N–H and O–H groups in total. The van der Waals surface area contributed by atoms with E-state index in [1.165, 1.54) is 29.5 Å². The average Bonchev–Trinajstić information content (AvgIpc) is 3.32. The molecule has 178 valence electrons. The highest BCUT2D eigenvalue weighted by atomic mass is 32.2. The van der Waals surface area contributed by atoms with E-state index in [-0.39, 0.29) is 11.6 Å². The number of aromatic nitrogens is 2. The number of benzene rings is 3. The van der Waals surface area contributed by atoms with Crippen LogP contribution in [0.25, 0.3) is 16.9 Å². The molecule has 3 aromatic carbocycles. The minimum absolute atomic E-state index is 0.307.